The lowest BCUT2D eigenvalue weighted by molar-refractivity contribution is 0.154. The maximum Gasteiger partial charge on any atom is 0.320 e. The number of rotatable bonds is 3. The third-order valence-corrected chi connectivity index (χ3v) is 5.51. The van der Waals surface area contributed by atoms with Gasteiger partial charge in [0.15, 0.2) is 5.13 Å². The molecule has 0 atom stereocenters. The highest BCUT2D eigenvalue weighted by molar-refractivity contribution is 7.22. The van der Waals surface area contributed by atoms with E-state index in [0.717, 1.165) is 59.6 Å². The molecule has 2 heterocycles. The van der Waals surface area contributed by atoms with E-state index in [1.165, 1.54) is 0 Å². The van der Waals surface area contributed by atoms with E-state index in [4.69, 9.17) is 11.6 Å². The van der Waals surface area contributed by atoms with E-state index in [-0.39, 0.29) is 6.03 Å². The average molecular weight is 353 g/mol. The van der Waals surface area contributed by atoms with E-state index in [9.17, 15) is 4.79 Å². The summed E-state index contributed by atoms with van der Waals surface area (Å²) in [6, 6.07) is 5.93. The van der Waals surface area contributed by atoms with Gasteiger partial charge in [0.2, 0.25) is 0 Å². The van der Waals surface area contributed by atoms with Gasteiger partial charge in [-0.25, -0.2) is 9.78 Å². The second-order valence-electron chi connectivity index (χ2n) is 5.54. The first-order valence-electron chi connectivity index (χ1n) is 7.97. The number of piperazine rings is 1. The molecule has 1 fully saturated rings. The standard InChI is InChI=1S/C16H21ClN4OS/c1-3-19(4-2)16(22)21-9-7-20(8-10-21)15-18-13-6-5-12(17)11-14(13)23-15/h5-6,11H,3-4,7-10H2,1-2H3. The van der Waals surface area contributed by atoms with Gasteiger partial charge in [0.1, 0.15) is 0 Å². The summed E-state index contributed by atoms with van der Waals surface area (Å²) < 4.78 is 1.11. The molecule has 0 saturated carbocycles. The van der Waals surface area contributed by atoms with Crippen molar-refractivity contribution in [1.29, 1.82) is 0 Å². The SMILES string of the molecule is CCN(CC)C(=O)N1CCN(c2nc3ccc(Cl)cc3s2)CC1. The number of hydrogen-bond donors (Lipinski definition) is 0. The fraction of sp³-hybridized carbons (Fsp3) is 0.500. The zero-order valence-electron chi connectivity index (χ0n) is 13.5. The molecular formula is C16H21ClN4OS. The van der Waals surface area contributed by atoms with Gasteiger partial charge in [0, 0.05) is 44.3 Å². The number of urea groups is 1. The molecule has 124 valence electrons. The summed E-state index contributed by atoms with van der Waals surface area (Å²) in [6.45, 7) is 8.68. The van der Waals surface area contributed by atoms with Crippen molar-refractivity contribution >= 4 is 44.3 Å². The van der Waals surface area contributed by atoms with Crippen molar-refractivity contribution in [3.63, 3.8) is 0 Å². The predicted molar refractivity (Wildman–Crippen MR) is 96.7 cm³/mol. The average Bonchev–Trinajstić information content (AvgIpc) is 2.99. The first kappa shape index (κ1) is 16.3. The summed E-state index contributed by atoms with van der Waals surface area (Å²) >= 11 is 7.70. The molecule has 1 aromatic heterocycles. The molecule has 3 rings (SSSR count). The number of thiazole rings is 1. The molecule has 1 aromatic carbocycles. The largest absolute Gasteiger partial charge is 0.345 e. The lowest BCUT2D eigenvalue weighted by atomic mass is 10.3. The van der Waals surface area contributed by atoms with E-state index in [1.807, 2.05) is 41.8 Å². The quantitative estimate of drug-likeness (QED) is 0.848. The van der Waals surface area contributed by atoms with Crippen LogP contribution in [-0.2, 0) is 0 Å². The van der Waals surface area contributed by atoms with Crippen LogP contribution in [-0.4, -0.2) is 60.1 Å². The molecule has 5 nitrogen and oxygen atoms in total. The summed E-state index contributed by atoms with van der Waals surface area (Å²) in [7, 11) is 0. The van der Waals surface area contributed by atoms with Gasteiger partial charge in [-0.15, -0.1) is 0 Å². The monoisotopic (exact) mass is 352 g/mol. The molecular weight excluding hydrogens is 332 g/mol. The molecule has 0 bridgehead atoms. The lowest BCUT2D eigenvalue weighted by Crippen LogP contribution is -2.52. The molecule has 1 saturated heterocycles. The van der Waals surface area contributed by atoms with E-state index in [1.54, 1.807) is 11.3 Å². The van der Waals surface area contributed by atoms with Crippen molar-refractivity contribution in [3.8, 4) is 0 Å². The van der Waals surface area contributed by atoms with Crippen LogP contribution in [0, 0.1) is 0 Å². The van der Waals surface area contributed by atoms with Crippen molar-refractivity contribution in [2.24, 2.45) is 0 Å². The summed E-state index contributed by atoms with van der Waals surface area (Å²) in [5.41, 5.74) is 0.982. The van der Waals surface area contributed by atoms with Crippen LogP contribution < -0.4 is 4.90 Å². The van der Waals surface area contributed by atoms with Gasteiger partial charge < -0.3 is 14.7 Å². The number of amides is 2. The number of carbonyl (C=O) groups excluding carboxylic acids is 1. The Balaban J connectivity index is 1.67. The highest BCUT2D eigenvalue weighted by Crippen LogP contribution is 2.31. The Morgan fingerprint density at radius 2 is 1.96 bits per heavy atom. The van der Waals surface area contributed by atoms with Crippen LogP contribution in [0.4, 0.5) is 9.93 Å². The molecule has 7 heteroatoms. The van der Waals surface area contributed by atoms with Crippen molar-refractivity contribution in [2.75, 3.05) is 44.2 Å². The Kier molecular flexibility index (Phi) is 4.92. The van der Waals surface area contributed by atoms with Crippen molar-refractivity contribution in [1.82, 2.24) is 14.8 Å². The van der Waals surface area contributed by atoms with E-state index >= 15 is 0 Å². The predicted octanol–water partition coefficient (Wildman–Crippen LogP) is 3.53. The maximum absolute atomic E-state index is 12.4. The zero-order valence-corrected chi connectivity index (χ0v) is 15.0. The normalized spacial score (nSPS) is 15.3. The Labute approximate surface area is 145 Å². The molecule has 2 amide bonds. The molecule has 23 heavy (non-hydrogen) atoms. The Hall–Kier alpha value is -1.53. The molecule has 0 aliphatic carbocycles. The second kappa shape index (κ2) is 6.93. The minimum absolute atomic E-state index is 0.144. The Morgan fingerprint density at radius 3 is 2.61 bits per heavy atom. The summed E-state index contributed by atoms with van der Waals surface area (Å²) in [5, 5.41) is 1.75. The van der Waals surface area contributed by atoms with Crippen LogP contribution in [0.2, 0.25) is 5.02 Å². The smallest absolute Gasteiger partial charge is 0.320 e. The third-order valence-electron chi connectivity index (χ3n) is 4.19. The van der Waals surface area contributed by atoms with Gasteiger partial charge in [0.05, 0.1) is 10.2 Å². The maximum atomic E-state index is 12.4. The van der Waals surface area contributed by atoms with Crippen LogP contribution in [0.25, 0.3) is 10.2 Å². The number of fused-ring (bicyclic) bond motifs is 1. The number of halogens is 1. The molecule has 0 radical (unpaired) electrons. The fourth-order valence-corrected chi connectivity index (χ4v) is 4.10. The number of benzene rings is 1. The summed E-state index contributed by atoms with van der Waals surface area (Å²) in [5.74, 6) is 0. The number of nitrogens with zero attached hydrogens (tertiary/aromatic N) is 4. The summed E-state index contributed by atoms with van der Waals surface area (Å²) in [6.07, 6.45) is 0. The third kappa shape index (κ3) is 3.38. The number of carbonyl (C=O) groups is 1. The van der Waals surface area contributed by atoms with Gasteiger partial charge >= 0.3 is 6.03 Å². The Morgan fingerprint density at radius 1 is 1.26 bits per heavy atom. The van der Waals surface area contributed by atoms with Crippen LogP contribution in [0.3, 0.4) is 0 Å². The molecule has 1 aliphatic heterocycles. The minimum Gasteiger partial charge on any atom is -0.345 e. The first-order valence-corrected chi connectivity index (χ1v) is 9.16. The minimum atomic E-state index is 0.144. The Bertz CT molecular complexity index is 692. The number of anilines is 1. The molecule has 0 N–H and O–H groups in total. The van der Waals surface area contributed by atoms with E-state index in [2.05, 4.69) is 9.88 Å². The number of aromatic nitrogens is 1. The van der Waals surface area contributed by atoms with Crippen LogP contribution in [0.5, 0.6) is 0 Å². The van der Waals surface area contributed by atoms with Crippen LogP contribution in [0.1, 0.15) is 13.8 Å². The molecule has 0 unspecified atom stereocenters. The summed E-state index contributed by atoms with van der Waals surface area (Å²) in [4.78, 5) is 23.1. The van der Waals surface area contributed by atoms with Gasteiger partial charge in [-0.1, -0.05) is 22.9 Å². The highest BCUT2D eigenvalue weighted by atomic mass is 35.5. The van der Waals surface area contributed by atoms with Crippen molar-refractivity contribution in [2.45, 2.75) is 13.8 Å². The molecule has 0 spiro atoms. The van der Waals surface area contributed by atoms with E-state index < -0.39 is 0 Å². The van der Waals surface area contributed by atoms with E-state index in [0.29, 0.717) is 0 Å². The number of hydrogen-bond acceptors (Lipinski definition) is 4. The fourth-order valence-electron chi connectivity index (χ4n) is 2.80. The van der Waals surface area contributed by atoms with Crippen molar-refractivity contribution < 1.29 is 4.79 Å². The first-order chi connectivity index (χ1) is 11.1. The molecule has 2 aromatic rings. The highest BCUT2D eigenvalue weighted by Gasteiger charge is 2.25. The topological polar surface area (TPSA) is 39.7 Å². The van der Waals surface area contributed by atoms with Crippen molar-refractivity contribution in [3.05, 3.63) is 23.2 Å². The second-order valence-corrected chi connectivity index (χ2v) is 6.98. The zero-order chi connectivity index (χ0) is 16.4. The lowest BCUT2D eigenvalue weighted by Gasteiger charge is -2.37. The van der Waals surface area contributed by atoms with Crippen LogP contribution in [0.15, 0.2) is 18.2 Å². The van der Waals surface area contributed by atoms with Gasteiger partial charge in [-0.2, -0.15) is 0 Å². The van der Waals surface area contributed by atoms with Crippen LogP contribution >= 0.6 is 22.9 Å². The van der Waals surface area contributed by atoms with Gasteiger partial charge in [-0.3, -0.25) is 0 Å². The van der Waals surface area contributed by atoms with Gasteiger partial charge in [-0.05, 0) is 32.0 Å². The van der Waals surface area contributed by atoms with Gasteiger partial charge in [0.25, 0.3) is 0 Å². The molecule has 1 aliphatic rings.